The molecule has 1 fully saturated rings. The monoisotopic (exact) mass is 519 g/mol. The largest absolute Gasteiger partial charge is 0.492 e. The van der Waals surface area contributed by atoms with Gasteiger partial charge < -0.3 is 14.4 Å². The molecule has 0 bridgehead atoms. The first-order valence-corrected chi connectivity index (χ1v) is 14.2. The number of likely N-dealkylation sites (N-methyl/N-ethyl adjacent to an activating group) is 1. The number of hydrogen-bond donors (Lipinski definition) is 1. The minimum Gasteiger partial charge on any atom is -0.492 e. The lowest BCUT2D eigenvalue weighted by Gasteiger charge is -2.24. The Labute approximate surface area is 219 Å². The summed E-state index contributed by atoms with van der Waals surface area (Å²) in [6.07, 6.45) is 8.16. The minimum atomic E-state index is -0.512. The van der Waals surface area contributed by atoms with Crippen LogP contribution in [0.5, 0.6) is 5.75 Å². The minimum absolute atomic E-state index is 0.0319. The van der Waals surface area contributed by atoms with Crippen molar-refractivity contribution in [3.63, 3.8) is 0 Å². The average Bonchev–Trinajstić information content (AvgIpc) is 3.27. The van der Waals surface area contributed by atoms with Crippen LogP contribution in [0.2, 0.25) is 0 Å². The molecular weight excluding hydrogens is 478 g/mol. The predicted molar refractivity (Wildman–Crippen MR) is 146 cm³/mol. The van der Waals surface area contributed by atoms with Gasteiger partial charge in [0.15, 0.2) is 0 Å². The van der Waals surface area contributed by atoms with Gasteiger partial charge in [-0.2, -0.15) is 0 Å². The summed E-state index contributed by atoms with van der Waals surface area (Å²) >= 11 is 3.45. The highest BCUT2D eigenvalue weighted by molar-refractivity contribution is 7.97. The van der Waals surface area contributed by atoms with E-state index in [0.29, 0.717) is 19.1 Å². The molecule has 1 saturated carbocycles. The number of amides is 1. The summed E-state index contributed by atoms with van der Waals surface area (Å²) in [4.78, 5) is 20.8. The molecule has 1 aliphatic rings. The Hall–Kier alpha value is -1.77. The van der Waals surface area contributed by atoms with Gasteiger partial charge in [-0.1, -0.05) is 19.3 Å². The zero-order valence-corrected chi connectivity index (χ0v) is 23.9. The van der Waals surface area contributed by atoms with Gasteiger partial charge >= 0.3 is 6.09 Å². The van der Waals surface area contributed by atoms with Crippen LogP contribution < -0.4 is 9.46 Å². The Balaban J connectivity index is 1.70. The molecule has 35 heavy (non-hydrogen) atoms. The summed E-state index contributed by atoms with van der Waals surface area (Å²) in [6.45, 7) is 12.9. The Morgan fingerprint density at radius 1 is 1.17 bits per heavy atom. The molecule has 0 atom stereocenters. The van der Waals surface area contributed by atoms with Crippen molar-refractivity contribution in [1.29, 1.82) is 0 Å². The van der Waals surface area contributed by atoms with Gasteiger partial charge in [0.05, 0.1) is 16.4 Å². The lowest BCUT2D eigenvalue weighted by molar-refractivity contribution is 0.0278. The van der Waals surface area contributed by atoms with E-state index in [4.69, 9.17) is 14.5 Å². The van der Waals surface area contributed by atoms with Gasteiger partial charge in [-0.3, -0.25) is 4.72 Å². The molecule has 0 saturated heterocycles. The lowest BCUT2D eigenvalue weighted by Crippen LogP contribution is -2.36. The molecular formula is C27H41N3O3S2. The molecule has 0 unspecified atom stereocenters. The fourth-order valence-electron chi connectivity index (χ4n) is 3.77. The van der Waals surface area contributed by atoms with Crippen LogP contribution in [0.25, 0.3) is 10.4 Å². The zero-order chi connectivity index (χ0) is 25.6. The van der Waals surface area contributed by atoms with E-state index in [1.807, 2.05) is 44.4 Å². The highest BCUT2D eigenvalue weighted by Crippen LogP contribution is 2.41. The van der Waals surface area contributed by atoms with Crippen molar-refractivity contribution in [2.45, 2.75) is 95.6 Å². The Bertz CT molecular complexity index is 973. The summed E-state index contributed by atoms with van der Waals surface area (Å²) in [5, 5.41) is 1.27. The summed E-state index contributed by atoms with van der Waals surface area (Å²) < 4.78 is 15.0. The number of thiazole rings is 1. The van der Waals surface area contributed by atoms with Crippen LogP contribution in [0.4, 0.5) is 4.79 Å². The number of rotatable bonds is 8. The van der Waals surface area contributed by atoms with E-state index in [1.54, 1.807) is 23.9 Å². The maximum absolute atomic E-state index is 12.2. The molecule has 194 valence electrons. The normalized spacial score (nSPS) is 15.2. The van der Waals surface area contributed by atoms with Crippen molar-refractivity contribution in [1.82, 2.24) is 14.6 Å². The topological polar surface area (TPSA) is 63.7 Å². The van der Waals surface area contributed by atoms with Crippen LogP contribution in [-0.2, 0) is 4.74 Å². The second-order valence-electron chi connectivity index (χ2n) is 11.3. The third kappa shape index (κ3) is 8.99. The quantitative estimate of drug-likeness (QED) is 0.364. The lowest BCUT2D eigenvalue weighted by atomic mass is 9.90. The summed E-state index contributed by atoms with van der Waals surface area (Å²) in [5.74, 6) is 1.39. The number of nitrogens with one attached hydrogen (secondary N) is 1. The first-order valence-electron chi connectivity index (χ1n) is 12.5. The third-order valence-electron chi connectivity index (χ3n) is 5.56. The van der Waals surface area contributed by atoms with Crippen molar-refractivity contribution in [2.24, 2.45) is 0 Å². The summed E-state index contributed by atoms with van der Waals surface area (Å²) in [6, 6.07) is 6.20. The summed E-state index contributed by atoms with van der Waals surface area (Å²) in [7, 11) is 1.72. The molecule has 6 nitrogen and oxygen atoms in total. The molecule has 0 aliphatic heterocycles. The van der Waals surface area contributed by atoms with E-state index in [1.165, 1.54) is 47.6 Å². The number of carbonyl (C=O) groups is 1. The molecule has 8 heteroatoms. The van der Waals surface area contributed by atoms with E-state index in [9.17, 15) is 4.79 Å². The van der Waals surface area contributed by atoms with E-state index < -0.39 is 5.60 Å². The molecule has 1 aromatic heterocycles. The van der Waals surface area contributed by atoms with Crippen molar-refractivity contribution in [3.05, 3.63) is 29.4 Å². The fourth-order valence-corrected chi connectivity index (χ4v) is 5.84. The Morgan fingerprint density at radius 2 is 1.89 bits per heavy atom. The highest BCUT2D eigenvalue weighted by Gasteiger charge is 2.22. The van der Waals surface area contributed by atoms with Crippen LogP contribution in [0, 0.1) is 0 Å². The maximum Gasteiger partial charge on any atom is 0.410 e. The van der Waals surface area contributed by atoms with Gasteiger partial charge in [-0.25, -0.2) is 9.78 Å². The molecule has 1 amide bonds. The molecule has 2 aromatic rings. The highest BCUT2D eigenvalue weighted by atomic mass is 32.2. The van der Waals surface area contributed by atoms with Crippen LogP contribution in [0.15, 0.2) is 29.3 Å². The molecule has 0 spiro atoms. The van der Waals surface area contributed by atoms with Gasteiger partial charge in [0.25, 0.3) is 0 Å². The van der Waals surface area contributed by atoms with Gasteiger partial charge in [0.2, 0.25) is 0 Å². The Kier molecular flexibility index (Phi) is 9.52. The molecule has 0 radical (unpaired) electrons. The first-order chi connectivity index (χ1) is 16.4. The third-order valence-corrected chi connectivity index (χ3v) is 8.03. The smallest absolute Gasteiger partial charge is 0.410 e. The standard InChI is InChI=1S/C27H41N3O3S2/c1-26(2,3)29-35-22-17-20(32-16-15-30(7)25(31)33-27(4,5)6)13-14-21(22)23-18-28-24(34-23)19-11-9-8-10-12-19/h13-14,17-19,29H,8-12,15-16H2,1-7H3. The van der Waals surface area contributed by atoms with Gasteiger partial charge in [0, 0.05) is 35.2 Å². The Morgan fingerprint density at radius 3 is 2.54 bits per heavy atom. The van der Waals surface area contributed by atoms with Crippen LogP contribution in [-0.4, -0.2) is 47.3 Å². The van der Waals surface area contributed by atoms with Gasteiger partial charge in [-0.15, -0.1) is 11.3 Å². The average molecular weight is 520 g/mol. The maximum atomic E-state index is 12.2. The van der Waals surface area contributed by atoms with Crippen LogP contribution >= 0.6 is 23.3 Å². The molecule has 1 aliphatic carbocycles. The number of nitrogens with zero attached hydrogens (tertiary/aromatic N) is 2. The van der Waals surface area contributed by atoms with Crippen molar-refractivity contribution in [2.75, 3.05) is 20.2 Å². The van der Waals surface area contributed by atoms with Crippen molar-refractivity contribution in [3.8, 4) is 16.2 Å². The SMILES string of the molecule is CN(CCOc1ccc(-c2cnc(C3CCCCC3)s2)c(SNC(C)(C)C)c1)C(=O)OC(C)(C)C. The van der Waals surface area contributed by atoms with E-state index in [2.05, 4.69) is 37.6 Å². The van der Waals surface area contributed by atoms with E-state index in [0.717, 1.165) is 10.6 Å². The molecule has 3 rings (SSSR count). The number of carbonyl (C=O) groups excluding carboxylic acids is 1. The summed E-state index contributed by atoms with van der Waals surface area (Å²) in [5.41, 5.74) is 0.627. The van der Waals surface area contributed by atoms with Crippen LogP contribution in [0.3, 0.4) is 0 Å². The molecule has 1 heterocycles. The second-order valence-corrected chi connectivity index (χ2v) is 13.2. The molecule has 1 N–H and O–H groups in total. The van der Waals surface area contributed by atoms with E-state index in [-0.39, 0.29) is 11.6 Å². The van der Waals surface area contributed by atoms with Crippen molar-refractivity contribution >= 4 is 29.4 Å². The number of aromatic nitrogens is 1. The van der Waals surface area contributed by atoms with Crippen LogP contribution in [0.1, 0.15) is 84.6 Å². The second kappa shape index (κ2) is 12.0. The number of ether oxygens (including phenoxy) is 2. The fraction of sp³-hybridized carbons (Fsp3) is 0.630. The molecule has 1 aromatic carbocycles. The number of benzene rings is 1. The predicted octanol–water partition coefficient (Wildman–Crippen LogP) is 7.50. The van der Waals surface area contributed by atoms with Gasteiger partial charge in [0.1, 0.15) is 18.0 Å². The number of hydrogen-bond acceptors (Lipinski definition) is 7. The first kappa shape index (κ1) is 27.8. The van der Waals surface area contributed by atoms with Crippen molar-refractivity contribution < 1.29 is 14.3 Å². The zero-order valence-electron chi connectivity index (χ0n) is 22.3. The van der Waals surface area contributed by atoms with E-state index >= 15 is 0 Å². The van der Waals surface area contributed by atoms with Gasteiger partial charge in [-0.05, 0) is 84.5 Å².